The Morgan fingerprint density at radius 1 is 1.73 bits per heavy atom. The third kappa shape index (κ3) is 3.17. The number of pyridine rings is 1. The van der Waals surface area contributed by atoms with E-state index in [-0.39, 0.29) is 17.5 Å². The average Bonchev–Trinajstić information content (AvgIpc) is 2.21. The molecule has 1 heterocycles. The van der Waals surface area contributed by atoms with E-state index in [0.717, 1.165) is 0 Å². The SMILES string of the molecule is C[C@H](CN)NC(=O)c1c[nH]c(=O)c(Br)c1. The Bertz CT molecular complexity index is 416. The Labute approximate surface area is 95.2 Å². The van der Waals surface area contributed by atoms with Crippen LogP contribution in [0.2, 0.25) is 0 Å². The van der Waals surface area contributed by atoms with Crippen molar-refractivity contribution in [3.63, 3.8) is 0 Å². The summed E-state index contributed by atoms with van der Waals surface area (Å²) in [6.45, 7) is 2.18. The van der Waals surface area contributed by atoms with Crippen molar-refractivity contribution in [1.29, 1.82) is 0 Å². The van der Waals surface area contributed by atoms with E-state index >= 15 is 0 Å². The quantitative estimate of drug-likeness (QED) is 0.736. The molecule has 0 aromatic carbocycles. The summed E-state index contributed by atoms with van der Waals surface area (Å²) in [6.07, 6.45) is 1.37. The smallest absolute Gasteiger partial charge is 0.262 e. The molecule has 1 amide bonds. The molecule has 0 aliphatic rings. The zero-order valence-corrected chi connectivity index (χ0v) is 9.80. The lowest BCUT2D eigenvalue weighted by atomic mass is 10.2. The van der Waals surface area contributed by atoms with Crippen LogP contribution in [0.15, 0.2) is 21.5 Å². The number of hydrogen-bond acceptors (Lipinski definition) is 3. The van der Waals surface area contributed by atoms with E-state index in [4.69, 9.17) is 5.73 Å². The number of nitrogens with one attached hydrogen (secondary N) is 2. The largest absolute Gasteiger partial charge is 0.348 e. The van der Waals surface area contributed by atoms with Crippen molar-refractivity contribution < 1.29 is 4.79 Å². The predicted octanol–water partition coefficient (Wildman–Crippen LogP) is 0.214. The van der Waals surface area contributed by atoms with Crippen LogP contribution in [-0.2, 0) is 0 Å². The van der Waals surface area contributed by atoms with Crippen molar-refractivity contribution in [3.05, 3.63) is 32.7 Å². The fourth-order valence-corrected chi connectivity index (χ4v) is 1.31. The van der Waals surface area contributed by atoms with Crippen molar-refractivity contribution in [2.45, 2.75) is 13.0 Å². The fraction of sp³-hybridized carbons (Fsp3) is 0.333. The first kappa shape index (κ1) is 11.9. The highest BCUT2D eigenvalue weighted by Crippen LogP contribution is 2.05. The lowest BCUT2D eigenvalue weighted by Crippen LogP contribution is -2.38. The molecule has 0 bridgehead atoms. The molecule has 0 unspecified atom stereocenters. The number of nitrogens with two attached hydrogens (primary N) is 1. The molecule has 5 nitrogen and oxygen atoms in total. The van der Waals surface area contributed by atoms with Crippen LogP contribution in [0.1, 0.15) is 17.3 Å². The van der Waals surface area contributed by atoms with Crippen LogP contribution < -0.4 is 16.6 Å². The van der Waals surface area contributed by atoms with E-state index in [2.05, 4.69) is 26.2 Å². The van der Waals surface area contributed by atoms with Crippen molar-refractivity contribution in [2.75, 3.05) is 6.54 Å². The van der Waals surface area contributed by atoms with Gasteiger partial charge in [-0.15, -0.1) is 0 Å². The summed E-state index contributed by atoms with van der Waals surface area (Å²) in [6, 6.07) is 1.38. The highest BCUT2D eigenvalue weighted by molar-refractivity contribution is 9.10. The Kier molecular flexibility index (Phi) is 4.05. The van der Waals surface area contributed by atoms with Crippen LogP contribution in [0.5, 0.6) is 0 Å². The predicted molar refractivity (Wildman–Crippen MR) is 60.7 cm³/mol. The van der Waals surface area contributed by atoms with Gasteiger partial charge in [-0.1, -0.05) is 0 Å². The summed E-state index contributed by atoms with van der Waals surface area (Å²) in [7, 11) is 0. The van der Waals surface area contributed by atoms with Gasteiger partial charge >= 0.3 is 0 Å². The second-order valence-corrected chi connectivity index (χ2v) is 4.03. The molecule has 1 rings (SSSR count). The van der Waals surface area contributed by atoms with Gasteiger partial charge in [0.25, 0.3) is 11.5 Å². The van der Waals surface area contributed by atoms with Crippen molar-refractivity contribution in [3.8, 4) is 0 Å². The molecule has 1 aromatic rings. The molecular formula is C9H12BrN3O2. The van der Waals surface area contributed by atoms with Gasteiger partial charge in [-0.3, -0.25) is 9.59 Å². The molecule has 1 aromatic heterocycles. The minimum atomic E-state index is -0.265. The Balaban J connectivity index is 2.83. The van der Waals surface area contributed by atoms with E-state index in [0.29, 0.717) is 16.6 Å². The molecule has 0 saturated heterocycles. The van der Waals surface area contributed by atoms with Gasteiger partial charge < -0.3 is 16.0 Å². The summed E-state index contributed by atoms with van der Waals surface area (Å²) in [4.78, 5) is 25.0. The first-order chi connectivity index (χ1) is 7.04. The number of amides is 1. The topological polar surface area (TPSA) is 88.0 Å². The Hall–Kier alpha value is -1.14. The number of carbonyl (C=O) groups is 1. The highest BCUT2D eigenvalue weighted by atomic mass is 79.9. The average molecular weight is 274 g/mol. The second-order valence-electron chi connectivity index (χ2n) is 3.18. The lowest BCUT2D eigenvalue weighted by molar-refractivity contribution is 0.0941. The van der Waals surface area contributed by atoms with Gasteiger partial charge in [-0.2, -0.15) is 0 Å². The lowest BCUT2D eigenvalue weighted by Gasteiger charge is -2.10. The molecule has 4 N–H and O–H groups in total. The van der Waals surface area contributed by atoms with Crippen LogP contribution in [0.3, 0.4) is 0 Å². The first-order valence-corrected chi connectivity index (χ1v) is 5.23. The standard InChI is InChI=1S/C9H12BrN3O2/c1-5(3-11)13-8(14)6-2-7(10)9(15)12-4-6/h2,4-5H,3,11H2,1H3,(H,12,15)(H,13,14)/t5-/m1/s1. The molecular weight excluding hydrogens is 262 g/mol. The van der Waals surface area contributed by atoms with Gasteiger partial charge in [-0.25, -0.2) is 0 Å². The minimum absolute atomic E-state index is 0.0943. The van der Waals surface area contributed by atoms with E-state index < -0.39 is 0 Å². The van der Waals surface area contributed by atoms with Gasteiger partial charge in [0.1, 0.15) is 0 Å². The van der Waals surface area contributed by atoms with Crippen molar-refractivity contribution >= 4 is 21.8 Å². The first-order valence-electron chi connectivity index (χ1n) is 4.43. The van der Waals surface area contributed by atoms with Gasteiger partial charge in [0.2, 0.25) is 0 Å². The highest BCUT2D eigenvalue weighted by Gasteiger charge is 2.09. The van der Waals surface area contributed by atoms with Crippen molar-refractivity contribution in [1.82, 2.24) is 10.3 Å². The third-order valence-corrected chi connectivity index (χ3v) is 2.44. The van der Waals surface area contributed by atoms with E-state index in [9.17, 15) is 9.59 Å². The molecule has 0 radical (unpaired) electrons. The molecule has 0 aliphatic carbocycles. The Morgan fingerprint density at radius 2 is 2.40 bits per heavy atom. The number of aromatic amines is 1. The number of H-pyrrole nitrogens is 1. The summed E-state index contributed by atoms with van der Waals surface area (Å²) < 4.78 is 0.329. The summed E-state index contributed by atoms with van der Waals surface area (Å²) in [5, 5.41) is 2.69. The zero-order valence-electron chi connectivity index (χ0n) is 8.21. The maximum Gasteiger partial charge on any atom is 0.262 e. The summed E-state index contributed by atoms with van der Waals surface area (Å²) in [5.74, 6) is -0.259. The molecule has 15 heavy (non-hydrogen) atoms. The molecule has 1 atom stereocenters. The number of halogens is 1. The number of hydrogen-bond donors (Lipinski definition) is 3. The molecule has 0 aliphatic heterocycles. The van der Waals surface area contributed by atoms with E-state index in [1.165, 1.54) is 12.3 Å². The van der Waals surface area contributed by atoms with Gasteiger partial charge in [0, 0.05) is 18.8 Å². The van der Waals surface area contributed by atoms with Crippen molar-refractivity contribution in [2.24, 2.45) is 5.73 Å². The normalized spacial score (nSPS) is 12.2. The molecule has 82 valence electrons. The molecule has 0 fully saturated rings. The maximum absolute atomic E-state index is 11.6. The summed E-state index contributed by atoms with van der Waals surface area (Å²) in [5.41, 5.74) is 5.50. The van der Waals surface area contributed by atoms with Gasteiger partial charge in [0.05, 0.1) is 10.0 Å². The van der Waals surface area contributed by atoms with E-state index in [1.54, 1.807) is 6.92 Å². The zero-order chi connectivity index (χ0) is 11.4. The molecule has 0 spiro atoms. The molecule has 6 heteroatoms. The minimum Gasteiger partial charge on any atom is -0.348 e. The van der Waals surface area contributed by atoms with Crippen LogP contribution in [-0.4, -0.2) is 23.5 Å². The monoisotopic (exact) mass is 273 g/mol. The van der Waals surface area contributed by atoms with Gasteiger partial charge in [-0.05, 0) is 28.9 Å². The number of aromatic nitrogens is 1. The molecule has 0 saturated carbocycles. The summed E-state index contributed by atoms with van der Waals surface area (Å²) >= 11 is 3.05. The van der Waals surface area contributed by atoms with Crippen LogP contribution in [0.25, 0.3) is 0 Å². The number of carbonyl (C=O) groups excluding carboxylic acids is 1. The third-order valence-electron chi connectivity index (χ3n) is 1.85. The van der Waals surface area contributed by atoms with Gasteiger partial charge in [0.15, 0.2) is 0 Å². The van der Waals surface area contributed by atoms with Crippen LogP contribution in [0.4, 0.5) is 0 Å². The van der Waals surface area contributed by atoms with E-state index in [1.807, 2.05) is 0 Å². The second kappa shape index (κ2) is 5.09. The van der Waals surface area contributed by atoms with Crippen LogP contribution >= 0.6 is 15.9 Å². The Morgan fingerprint density at radius 3 is 2.93 bits per heavy atom. The van der Waals surface area contributed by atoms with Crippen LogP contribution in [0, 0.1) is 0 Å². The maximum atomic E-state index is 11.6. The fourth-order valence-electron chi connectivity index (χ4n) is 0.953. The number of rotatable bonds is 3.